The molecule has 0 unspecified atom stereocenters. The lowest BCUT2D eigenvalue weighted by atomic mass is 9.70. The highest BCUT2D eigenvalue weighted by Crippen LogP contribution is 2.54. The number of benzene rings is 3. The number of ether oxygens (including phenoxy) is 2. The maximum Gasteiger partial charge on any atom is 0.303 e. The van der Waals surface area contributed by atoms with Gasteiger partial charge in [-0.3, -0.25) is 4.79 Å². The van der Waals surface area contributed by atoms with Gasteiger partial charge < -0.3 is 14.8 Å². The quantitative estimate of drug-likeness (QED) is 0.466. The summed E-state index contributed by atoms with van der Waals surface area (Å²) in [7, 11) is 0. The minimum atomic E-state index is -0.482. The summed E-state index contributed by atoms with van der Waals surface area (Å²) in [6, 6.07) is 20.3. The standard InChI is InChI=1S/C27H28FNO3/c1-17-13-14-23-21(15-17)26(32-18(2)30)27(3,4)25(29-23)20-10-6-8-12-24(20)31-16-19-9-5-7-11-22(19)28/h5-15,25-26,29H,16H2,1-4H3/t25-,26-/m0/s1. The van der Waals surface area contributed by atoms with Gasteiger partial charge >= 0.3 is 5.97 Å². The van der Waals surface area contributed by atoms with Gasteiger partial charge in [-0.1, -0.05) is 67.9 Å². The van der Waals surface area contributed by atoms with Crippen LogP contribution in [0.25, 0.3) is 0 Å². The molecule has 0 aromatic heterocycles. The Hall–Kier alpha value is -3.34. The van der Waals surface area contributed by atoms with Gasteiger partial charge in [0, 0.05) is 34.7 Å². The Balaban J connectivity index is 1.72. The molecule has 0 saturated carbocycles. The van der Waals surface area contributed by atoms with E-state index in [0.29, 0.717) is 11.3 Å². The molecule has 166 valence electrons. The smallest absolute Gasteiger partial charge is 0.303 e. The van der Waals surface area contributed by atoms with E-state index in [1.165, 1.54) is 13.0 Å². The molecule has 0 spiro atoms. The molecule has 4 nitrogen and oxygen atoms in total. The van der Waals surface area contributed by atoms with Gasteiger partial charge in [0.05, 0.1) is 6.04 Å². The lowest BCUT2D eigenvalue weighted by Crippen LogP contribution is -2.40. The third-order valence-corrected chi connectivity index (χ3v) is 6.06. The summed E-state index contributed by atoms with van der Waals surface area (Å²) in [5, 5.41) is 3.64. The highest BCUT2D eigenvalue weighted by molar-refractivity contribution is 5.68. The van der Waals surface area contributed by atoms with Gasteiger partial charge in [0.2, 0.25) is 0 Å². The van der Waals surface area contributed by atoms with Crippen LogP contribution in [0, 0.1) is 18.2 Å². The van der Waals surface area contributed by atoms with Crippen molar-refractivity contribution in [3.8, 4) is 5.75 Å². The zero-order valence-electron chi connectivity index (χ0n) is 18.8. The van der Waals surface area contributed by atoms with Crippen LogP contribution in [-0.2, 0) is 16.1 Å². The minimum absolute atomic E-state index is 0.125. The van der Waals surface area contributed by atoms with Crippen LogP contribution in [0.1, 0.15) is 55.2 Å². The molecule has 1 aliphatic heterocycles. The Morgan fingerprint density at radius 2 is 1.75 bits per heavy atom. The molecule has 3 aromatic rings. The lowest BCUT2D eigenvalue weighted by molar-refractivity contribution is -0.154. The molecule has 2 atom stereocenters. The lowest BCUT2D eigenvalue weighted by Gasteiger charge is -2.46. The Morgan fingerprint density at radius 3 is 2.50 bits per heavy atom. The van der Waals surface area contributed by atoms with Crippen LogP contribution in [0.5, 0.6) is 5.75 Å². The average molecular weight is 434 g/mol. The zero-order valence-corrected chi connectivity index (χ0v) is 18.8. The molecule has 0 radical (unpaired) electrons. The van der Waals surface area contributed by atoms with Crippen molar-refractivity contribution in [2.24, 2.45) is 5.41 Å². The fourth-order valence-corrected chi connectivity index (χ4v) is 4.41. The van der Waals surface area contributed by atoms with Gasteiger partial charge in [0.15, 0.2) is 0 Å². The second kappa shape index (κ2) is 8.65. The number of anilines is 1. The van der Waals surface area contributed by atoms with Crippen LogP contribution in [0.4, 0.5) is 10.1 Å². The van der Waals surface area contributed by atoms with E-state index >= 15 is 0 Å². The first-order valence-electron chi connectivity index (χ1n) is 10.8. The molecule has 0 aliphatic carbocycles. The van der Waals surface area contributed by atoms with E-state index in [1.807, 2.05) is 43.3 Å². The molecule has 4 rings (SSSR count). The molecule has 1 N–H and O–H groups in total. The van der Waals surface area contributed by atoms with Crippen molar-refractivity contribution in [3.63, 3.8) is 0 Å². The Bertz CT molecular complexity index is 1140. The second-order valence-corrected chi connectivity index (χ2v) is 8.90. The molecular formula is C27H28FNO3. The number of carbonyl (C=O) groups is 1. The first kappa shape index (κ1) is 21.9. The molecule has 0 amide bonds. The van der Waals surface area contributed by atoms with Crippen LogP contribution >= 0.6 is 0 Å². The van der Waals surface area contributed by atoms with Crippen LogP contribution in [0.15, 0.2) is 66.7 Å². The van der Waals surface area contributed by atoms with Crippen molar-refractivity contribution in [1.29, 1.82) is 0 Å². The highest BCUT2D eigenvalue weighted by Gasteiger charge is 2.46. The Labute approximate surface area is 188 Å². The zero-order chi connectivity index (χ0) is 22.9. The molecular weight excluding hydrogens is 405 g/mol. The largest absolute Gasteiger partial charge is 0.488 e. The van der Waals surface area contributed by atoms with E-state index < -0.39 is 11.5 Å². The molecule has 0 bridgehead atoms. The number of hydrogen-bond acceptors (Lipinski definition) is 4. The van der Waals surface area contributed by atoms with E-state index in [1.54, 1.807) is 18.2 Å². The summed E-state index contributed by atoms with van der Waals surface area (Å²) in [4.78, 5) is 12.0. The number of halogens is 1. The van der Waals surface area contributed by atoms with Crippen molar-refractivity contribution in [2.75, 3.05) is 5.32 Å². The Kier molecular flexibility index (Phi) is 5.92. The number of para-hydroxylation sites is 1. The number of carbonyl (C=O) groups excluding carboxylic acids is 1. The maximum absolute atomic E-state index is 14.1. The van der Waals surface area contributed by atoms with Crippen molar-refractivity contribution >= 4 is 11.7 Å². The van der Waals surface area contributed by atoms with Crippen molar-refractivity contribution in [1.82, 2.24) is 0 Å². The molecule has 32 heavy (non-hydrogen) atoms. The van der Waals surface area contributed by atoms with Crippen LogP contribution < -0.4 is 10.1 Å². The minimum Gasteiger partial charge on any atom is -0.488 e. The van der Waals surface area contributed by atoms with Crippen LogP contribution in [-0.4, -0.2) is 5.97 Å². The van der Waals surface area contributed by atoms with Gasteiger partial charge in [-0.15, -0.1) is 0 Å². The Morgan fingerprint density at radius 1 is 1.03 bits per heavy atom. The van der Waals surface area contributed by atoms with Gasteiger partial charge in [0.1, 0.15) is 24.3 Å². The fraction of sp³-hybridized carbons (Fsp3) is 0.296. The summed E-state index contributed by atoms with van der Waals surface area (Å²) in [5.74, 6) is 0.0547. The summed E-state index contributed by atoms with van der Waals surface area (Å²) in [6.45, 7) is 7.75. The third kappa shape index (κ3) is 4.20. The molecule has 0 fully saturated rings. The molecule has 1 heterocycles. The average Bonchev–Trinajstić information content (AvgIpc) is 2.75. The van der Waals surface area contributed by atoms with Crippen molar-refractivity contribution in [2.45, 2.75) is 46.4 Å². The van der Waals surface area contributed by atoms with E-state index in [4.69, 9.17) is 9.47 Å². The summed E-state index contributed by atoms with van der Waals surface area (Å²) in [5.41, 5.74) is 3.94. The van der Waals surface area contributed by atoms with E-state index in [2.05, 4.69) is 25.2 Å². The topological polar surface area (TPSA) is 47.6 Å². The molecule has 1 aliphatic rings. The summed E-state index contributed by atoms with van der Waals surface area (Å²) < 4.78 is 26.0. The van der Waals surface area contributed by atoms with Gasteiger partial charge in [-0.2, -0.15) is 0 Å². The maximum atomic E-state index is 14.1. The summed E-state index contributed by atoms with van der Waals surface area (Å²) >= 11 is 0. The first-order chi connectivity index (χ1) is 15.3. The molecule has 3 aromatic carbocycles. The van der Waals surface area contributed by atoms with Crippen LogP contribution in [0.2, 0.25) is 0 Å². The number of rotatable bonds is 5. The fourth-order valence-electron chi connectivity index (χ4n) is 4.41. The SMILES string of the molecule is CC(=O)O[C@H]1c2cc(C)ccc2N[C@@H](c2ccccc2OCc2ccccc2F)C1(C)C. The molecule has 5 heteroatoms. The van der Waals surface area contributed by atoms with Gasteiger partial charge in [-0.25, -0.2) is 4.39 Å². The van der Waals surface area contributed by atoms with Gasteiger partial charge in [-0.05, 0) is 25.1 Å². The van der Waals surface area contributed by atoms with Gasteiger partial charge in [0.25, 0.3) is 0 Å². The van der Waals surface area contributed by atoms with E-state index in [-0.39, 0.29) is 24.4 Å². The van der Waals surface area contributed by atoms with Crippen LogP contribution in [0.3, 0.4) is 0 Å². The second-order valence-electron chi connectivity index (χ2n) is 8.90. The van der Waals surface area contributed by atoms with E-state index in [9.17, 15) is 9.18 Å². The predicted octanol–water partition coefficient (Wildman–Crippen LogP) is 6.51. The highest BCUT2D eigenvalue weighted by atomic mass is 19.1. The number of esters is 1. The normalized spacial score (nSPS) is 18.9. The number of hydrogen-bond donors (Lipinski definition) is 1. The monoisotopic (exact) mass is 433 g/mol. The first-order valence-corrected chi connectivity index (χ1v) is 10.8. The van der Waals surface area contributed by atoms with Crippen molar-refractivity contribution in [3.05, 3.63) is 94.8 Å². The van der Waals surface area contributed by atoms with E-state index in [0.717, 1.165) is 22.4 Å². The number of nitrogens with one attached hydrogen (secondary N) is 1. The van der Waals surface area contributed by atoms with Crippen molar-refractivity contribution < 1.29 is 18.7 Å². The number of fused-ring (bicyclic) bond motifs is 1. The summed E-state index contributed by atoms with van der Waals surface area (Å²) in [6.07, 6.45) is -0.430. The molecule has 0 saturated heterocycles. The number of aryl methyl sites for hydroxylation is 1. The predicted molar refractivity (Wildman–Crippen MR) is 123 cm³/mol. The third-order valence-electron chi connectivity index (χ3n) is 6.06.